The van der Waals surface area contributed by atoms with Gasteiger partial charge in [-0.3, -0.25) is 0 Å². The molecule has 2 aromatic carbocycles. The zero-order valence-electron chi connectivity index (χ0n) is 21.7. The predicted octanol–water partition coefficient (Wildman–Crippen LogP) is 6.60. The average molecular weight is 509 g/mol. The van der Waals surface area contributed by atoms with Gasteiger partial charge in [0.25, 0.3) is 0 Å². The zero-order chi connectivity index (χ0) is 27.1. The van der Waals surface area contributed by atoms with Crippen LogP contribution in [-0.4, -0.2) is 33.3 Å². The van der Waals surface area contributed by atoms with Gasteiger partial charge in [-0.1, -0.05) is 12.1 Å². The number of aromatic nitrogens is 2. The zero-order valence-corrected chi connectivity index (χ0v) is 21.7. The number of aryl methyl sites for hydroxylation is 2. The molecule has 0 fully saturated rings. The first kappa shape index (κ1) is 26.3. The van der Waals surface area contributed by atoms with Crippen molar-refractivity contribution in [2.45, 2.75) is 52.9 Å². The molecule has 0 spiro atoms. The molecule has 4 aromatic rings. The Kier molecular flexibility index (Phi) is 7.06. The molecule has 0 saturated heterocycles. The van der Waals surface area contributed by atoms with E-state index >= 15 is 0 Å². The summed E-state index contributed by atoms with van der Waals surface area (Å²) < 4.78 is 40.6. The summed E-state index contributed by atoms with van der Waals surface area (Å²) in [7, 11) is 1.59. The van der Waals surface area contributed by atoms with Crippen LogP contribution in [0.1, 0.15) is 49.3 Å². The summed E-state index contributed by atoms with van der Waals surface area (Å²) in [5, 5.41) is 10.9. The number of carbonyl (C=O) groups is 1. The minimum atomic E-state index is -1.26. The fraction of sp³-hybridized carbons (Fsp3) is 0.310. The lowest BCUT2D eigenvalue weighted by Crippen LogP contribution is -2.28. The summed E-state index contributed by atoms with van der Waals surface area (Å²) in [6, 6.07) is 11.3. The third kappa shape index (κ3) is 5.34. The normalized spacial score (nSPS) is 12.6. The molecule has 0 amide bonds. The van der Waals surface area contributed by atoms with E-state index in [0.717, 1.165) is 28.6 Å². The maximum Gasteiger partial charge on any atom is 0.337 e. The number of hydrogen-bond acceptors (Lipinski definition) is 4. The average Bonchev–Trinajstić information content (AvgIpc) is 3.20. The molecular weight excluding hydrogens is 478 g/mol. The van der Waals surface area contributed by atoms with Crippen molar-refractivity contribution in [1.82, 2.24) is 9.55 Å². The highest BCUT2D eigenvalue weighted by atomic mass is 19.2. The predicted molar refractivity (Wildman–Crippen MR) is 138 cm³/mol. The van der Waals surface area contributed by atoms with Crippen LogP contribution in [0.15, 0.2) is 48.7 Å². The largest absolute Gasteiger partial charge is 0.497 e. The van der Waals surface area contributed by atoms with E-state index in [4.69, 9.17) is 14.5 Å². The first-order chi connectivity index (χ1) is 17.4. The van der Waals surface area contributed by atoms with Crippen LogP contribution in [0.4, 0.5) is 8.78 Å². The SMILES string of the molecule is COc1ccc(-c2c(C(OC(C)(C)C)C(=O)O)c(C)nc3c2ccn3Cc2ccc(F)c(F)c2)c(C)c1. The Labute approximate surface area is 214 Å². The number of aliphatic carboxylic acids is 1. The van der Waals surface area contributed by atoms with Gasteiger partial charge in [0, 0.05) is 34.9 Å². The lowest BCUT2D eigenvalue weighted by molar-refractivity contribution is -0.160. The second kappa shape index (κ2) is 9.94. The number of rotatable bonds is 7. The summed E-state index contributed by atoms with van der Waals surface area (Å²) in [4.78, 5) is 17.3. The maximum atomic E-state index is 13.9. The number of benzene rings is 2. The number of hydrogen-bond donors (Lipinski definition) is 1. The van der Waals surface area contributed by atoms with Gasteiger partial charge in [-0.05, 0) is 81.6 Å². The first-order valence-corrected chi connectivity index (χ1v) is 11.9. The van der Waals surface area contributed by atoms with Crippen molar-refractivity contribution in [1.29, 1.82) is 0 Å². The molecule has 194 valence electrons. The summed E-state index contributed by atoms with van der Waals surface area (Å²) >= 11 is 0. The van der Waals surface area contributed by atoms with E-state index in [-0.39, 0.29) is 6.54 Å². The van der Waals surface area contributed by atoms with Gasteiger partial charge in [0.2, 0.25) is 0 Å². The van der Waals surface area contributed by atoms with Gasteiger partial charge in [-0.15, -0.1) is 0 Å². The van der Waals surface area contributed by atoms with Crippen LogP contribution in [0, 0.1) is 25.5 Å². The summed E-state index contributed by atoms with van der Waals surface area (Å²) in [6.45, 7) is 9.37. The minimum Gasteiger partial charge on any atom is -0.497 e. The lowest BCUT2D eigenvalue weighted by Gasteiger charge is -2.28. The van der Waals surface area contributed by atoms with Gasteiger partial charge in [0.1, 0.15) is 11.4 Å². The smallest absolute Gasteiger partial charge is 0.337 e. The molecule has 2 aromatic heterocycles. The maximum absolute atomic E-state index is 13.9. The second-order valence-electron chi connectivity index (χ2n) is 10.0. The van der Waals surface area contributed by atoms with Crippen LogP contribution in [-0.2, 0) is 16.1 Å². The molecule has 37 heavy (non-hydrogen) atoms. The van der Waals surface area contributed by atoms with Gasteiger partial charge >= 0.3 is 5.97 Å². The van der Waals surface area contributed by atoms with Gasteiger partial charge < -0.3 is 19.1 Å². The minimum absolute atomic E-state index is 0.258. The van der Waals surface area contributed by atoms with Crippen molar-refractivity contribution < 1.29 is 28.2 Å². The van der Waals surface area contributed by atoms with Crippen LogP contribution >= 0.6 is 0 Å². The Morgan fingerprint density at radius 3 is 2.41 bits per heavy atom. The van der Waals surface area contributed by atoms with Crippen molar-refractivity contribution in [3.05, 3.63) is 82.7 Å². The standard InChI is InChI=1S/C29H30F2N2O4/c1-16-13-19(36-6)8-9-20(16)25-21-11-12-33(15-18-7-10-22(30)23(31)14-18)27(21)32-17(2)24(25)26(28(34)35)37-29(3,4)5/h7-14,26H,15H2,1-6H3,(H,34,35). The summed E-state index contributed by atoms with van der Waals surface area (Å²) in [6.07, 6.45) is 0.549. The fourth-order valence-electron chi connectivity index (χ4n) is 4.53. The molecule has 0 aliphatic heterocycles. The van der Waals surface area contributed by atoms with Crippen molar-refractivity contribution in [3.63, 3.8) is 0 Å². The Hall–Kier alpha value is -3.78. The van der Waals surface area contributed by atoms with Crippen molar-refractivity contribution in [3.8, 4) is 16.9 Å². The van der Waals surface area contributed by atoms with Crippen molar-refractivity contribution in [2.24, 2.45) is 0 Å². The number of nitrogens with zero attached hydrogens (tertiary/aromatic N) is 2. The highest BCUT2D eigenvalue weighted by Crippen LogP contribution is 2.41. The number of methoxy groups -OCH3 is 1. The third-order valence-electron chi connectivity index (χ3n) is 6.13. The molecule has 0 aliphatic rings. The molecule has 4 rings (SSSR count). The summed E-state index contributed by atoms with van der Waals surface area (Å²) in [5.74, 6) is -2.26. The van der Waals surface area contributed by atoms with E-state index in [1.165, 1.54) is 6.07 Å². The number of carboxylic acids is 1. The number of pyridine rings is 1. The number of ether oxygens (including phenoxy) is 2. The number of fused-ring (bicyclic) bond motifs is 1. The third-order valence-corrected chi connectivity index (χ3v) is 6.13. The molecule has 1 N–H and O–H groups in total. The van der Waals surface area contributed by atoms with Crippen LogP contribution < -0.4 is 4.74 Å². The van der Waals surface area contributed by atoms with Crippen LogP contribution in [0.3, 0.4) is 0 Å². The van der Waals surface area contributed by atoms with E-state index in [1.807, 2.05) is 42.0 Å². The van der Waals surface area contributed by atoms with E-state index in [1.54, 1.807) is 34.8 Å². The second-order valence-corrected chi connectivity index (χ2v) is 10.0. The highest BCUT2D eigenvalue weighted by Gasteiger charge is 2.33. The fourth-order valence-corrected chi connectivity index (χ4v) is 4.53. The van der Waals surface area contributed by atoms with Crippen molar-refractivity contribution in [2.75, 3.05) is 7.11 Å². The first-order valence-electron chi connectivity index (χ1n) is 11.9. The van der Waals surface area contributed by atoms with Gasteiger partial charge in [-0.2, -0.15) is 0 Å². The Morgan fingerprint density at radius 1 is 1.08 bits per heavy atom. The number of carboxylic acid groups (broad SMARTS) is 1. The van der Waals surface area contributed by atoms with Gasteiger partial charge in [-0.25, -0.2) is 18.6 Å². The van der Waals surface area contributed by atoms with E-state index in [9.17, 15) is 18.7 Å². The highest BCUT2D eigenvalue weighted by molar-refractivity contribution is 5.98. The van der Waals surface area contributed by atoms with Gasteiger partial charge in [0.05, 0.1) is 12.7 Å². The van der Waals surface area contributed by atoms with Crippen LogP contribution in [0.2, 0.25) is 0 Å². The Morgan fingerprint density at radius 2 is 1.81 bits per heavy atom. The monoisotopic (exact) mass is 508 g/mol. The van der Waals surface area contributed by atoms with Gasteiger partial charge in [0.15, 0.2) is 17.7 Å². The molecule has 2 heterocycles. The molecule has 0 aliphatic carbocycles. The van der Waals surface area contributed by atoms with E-state index < -0.39 is 29.3 Å². The Bertz CT molecular complexity index is 1490. The quantitative estimate of drug-likeness (QED) is 0.305. The molecule has 0 radical (unpaired) electrons. The Balaban J connectivity index is 1.99. The van der Waals surface area contributed by atoms with E-state index in [0.29, 0.717) is 33.8 Å². The van der Waals surface area contributed by atoms with E-state index in [2.05, 4.69) is 0 Å². The molecule has 0 bridgehead atoms. The molecule has 8 heteroatoms. The molecule has 6 nitrogen and oxygen atoms in total. The van der Waals surface area contributed by atoms with Crippen LogP contribution in [0.25, 0.3) is 22.2 Å². The lowest BCUT2D eigenvalue weighted by atomic mass is 9.90. The molecular formula is C29H30F2N2O4. The molecule has 0 saturated carbocycles. The van der Waals surface area contributed by atoms with Crippen molar-refractivity contribution >= 4 is 17.0 Å². The summed E-state index contributed by atoms with van der Waals surface area (Å²) in [5.41, 5.74) is 3.81. The molecule has 1 atom stereocenters. The molecule has 1 unspecified atom stereocenters. The topological polar surface area (TPSA) is 73.6 Å². The number of halogens is 2. The van der Waals surface area contributed by atoms with Crippen LogP contribution in [0.5, 0.6) is 5.75 Å².